The minimum absolute atomic E-state index is 0.0807. The fourth-order valence-corrected chi connectivity index (χ4v) is 1.50. The Balaban J connectivity index is 2.06. The van der Waals surface area contributed by atoms with Crippen LogP contribution in [0.1, 0.15) is 0 Å². The lowest BCUT2D eigenvalue weighted by Crippen LogP contribution is -2.07. The monoisotopic (exact) mass is 244 g/mol. The van der Waals surface area contributed by atoms with Gasteiger partial charge in [0.2, 0.25) is 0 Å². The normalized spacial score (nSPS) is 10.1. The summed E-state index contributed by atoms with van der Waals surface area (Å²) in [7, 11) is 0. The van der Waals surface area contributed by atoms with Gasteiger partial charge in [-0.25, -0.2) is 4.98 Å². The summed E-state index contributed by atoms with van der Waals surface area (Å²) in [6.45, 7) is 0.565. The molecule has 0 amide bonds. The summed E-state index contributed by atoms with van der Waals surface area (Å²) < 4.78 is 0. The lowest BCUT2D eigenvalue weighted by Gasteiger charge is -2.08. The van der Waals surface area contributed by atoms with E-state index < -0.39 is 0 Å². The van der Waals surface area contributed by atoms with Gasteiger partial charge in [-0.15, -0.1) is 0 Å². The van der Waals surface area contributed by atoms with Crippen LogP contribution in [-0.2, 0) is 0 Å². The fourth-order valence-electron chi connectivity index (χ4n) is 1.50. The minimum Gasteiger partial charge on any atom is -0.399 e. The van der Waals surface area contributed by atoms with Crippen molar-refractivity contribution in [3.63, 3.8) is 0 Å². The molecule has 5 N–H and O–H groups in total. The first-order valence-electron chi connectivity index (χ1n) is 5.72. The quantitative estimate of drug-likeness (QED) is 0.603. The smallest absolute Gasteiger partial charge is 0.132 e. The van der Waals surface area contributed by atoms with Crippen molar-refractivity contribution in [2.45, 2.75) is 0 Å². The van der Waals surface area contributed by atoms with Crippen LogP contribution in [0.5, 0.6) is 0 Å². The van der Waals surface area contributed by atoms with Crippen molar-refractivity contribution < 1.29 is 5.11 Å². The molecule has 5 heteroatoms. The number of hydrogen-bond donors (Lipinski definition) is 4. The highest BCUT2D eigenvalue weighted by molar-refractivity contribution is 5.60. The Labute approximate surface area is 106 Å². The standard InChI is InChI=1S/C13H16N4O/c14-10-4-6-11(7-5-10)16-13-3-1-2-12(17-13)15-8-9-18/h1-7,18H,8-9,14H2,(H2,15,16,17). The molecule has 0 spiro atoms. The number of nitrogens with zero attached hydrogens (tertiary/aromatic N) is 1. The van der Waals surface area contributed by atoms with E-state index in [1.165, 1.54) is 0 Å². The van der Waals surface area contributed by atoms with Gasteiger partial charge in [0.15, 0.2) is 0 Å². The molecule has 0 saturated heterocycles. The topological polar surface area (TPSA) is 83.2 Å². The molecule has 2 rings (SSSR count). The molecule has 1 heterocycles. The van der Waals surface area contributed by atoms with Crippen LogP contribution in [0.15, 0.2) is 42.5 Å². The van der Waals surface area contributed by atoms with E-state index in [0.29, 0.717) is 6.54 Å². The van der Waals surface area contributed by atoms with Gasteiger partial charge in [0.25, 0.3) is 0 Å². The van der Waals surface area contributed by atoms with Crippen LogP contribution in [0, 0.1) is 0 Å². The van der Waals surface area contributed by atoms with E-state index in [-0.39, 0.29) is 6.61 Å². The zero-order valence-corrected chi connectivity index (χ0v) is 9.93. The van der Waals surface area contributed by atoms with E-state index in [1.807, 2.05) is 42.5 Å². The van der Waals surface area contributed by atoms with Crippen LogP contribution in [0.2, 0.25) is 0 Å². The SMILES string of the molecule is Nc1ccc(Nc2cccc(NCCO)n2)cc1. The molecule has 0 atom stereocenters. The molecule has 0 saturated carbocycles. The largest absolute Gasteiger partial charge is 0.399 e. The molecule has 0 fully saturated rings. The maximum Gasteiger partial charge on any atom is 0.132 e. The Bertz CT molecular complexity index is 499. The van der Waals surface area contributed by atoms with Gasteiger partial charge < -0.3 is 21.5 Å². The van der Waals surface area contributed by atoms with E-state index in [0.717, 1.165) is 23.0 Å². The van der Waals surface area contributed by atoms with Gasteiger partial charge in [0.1, 0.15) is 11.6 Å². The number of benzene rings is 1. The van der Waals surface area contributed by atoms with Gasteiger partial charge in [-0.1, -0.05) is 6.07 Å². The van der Waals surface area contributed by atoms with Crippen molar-refractivity contribution in [1.29, 1.82) is 0 Å². The van der Waals surface area contributed by atoms with Gasteiger partial charge in [-0.3, -0.25) is 0 Å². The van der Waals surface area contributed by atoms with Crippen LogP contribution < -0.4 is 16.4 Å². The first kappa shape index (κ1) is 12.2. The van der Waals surface area contributed by atoms with E-state index in [1.54, 1.807) is 0 Å². The van der Waals surface area contributed by atoms with Crippen LogP contribution in [-0.4, -0.2) is 23.2 Å². The average molecular weight is 244 g/mol. The van der Waals surface area contributed by atoms with Crippen molar-refractivity contribution in [2.75, 3.05) is 29.5 Å². The van der Waals surface area contributed by atoms with E-state index in [4.69, 9.17) is 10.8 Å². The first-order chi connectivity index (χ1) is 8.78. The number of rotatable bonds is 5. The summed E-state index contributed by atoms with van der Waals surface area (Å²) in [5.74, 6) is 1.47. The number of nitrogens with one attached hydrogen (secondary N) is 2. The first-order valence-corrected chi connectivity index (χ1v) is 5.72. The van der Waals surface area contributed by atoms with Gasteiger partial charge >= 0.3 is 0 Å². The number of aliphatic hydroxyl groups is 1. The number of pyridine rings is 1. The van der Waals surface area contributed by atoms with Crippen LogP contribution in [0.3, 0.4) is 0 Å². The molecule has 0 aliphatic carbocycles. The number of anilines is 4. The third-order valence-corrected chi connectivity index (χ3v) is 2.35. The van der Waals surface area contributed by atoms with Gasteiger partial charge in [-0.05, 0) is 36.4 Å². The molecular formula is C13H16N4O. The molecule has 0 bridgehead atoms. The average Bonchev–Trinajstić information content (AvgIpc) is 2.40. The van der Waals surface area contributed by atoms with Crippen molar-refractivity contribution in [3.05, 3.63) is 42.5 Å². The van der Waals surface area contributed by atoms with Crippen LogP contribution in [0.25, 0.3) is 0 Å². The Morgan fingerprint density at radius 2 is 1.78 bits per heavy atom. The molecule has 94 valence electrons. The molecular weight excluding hydrogens is 228 g/mol. The minimum atomic E-state index is 0.0807. The van der Waals surface area contributed by atoms with Crippen LogP contribution >= 0.6 is 0 Å². The second-order valence-corrected chi connectivity index (χ2v) is 3.81. The summed E-state index contributed by atoms with van der Waals surface area (Å²) in [5, 5.41) is 14.9. The molecule has 2 aromatic rings. The molecule has 1 aromatic carbocycles. The molecule has 5 nitrogen and oxygen atoms in total. The molecule has 0 aliphatic rings. The number of aliphatic hydroxyl groups excluding tert-OH is 1. The number of hydrogen-bond acceptors (Lipinski definition) is 5. The highest BCUT2D eigenvalue weighted by atomic mass is 16.3. The molecule has 0 radical (unpaired) electrons. The number of nitrogen functional groups attached to an aromatic ring is 1. The molecule has 0 unspecified atom stereocenters. The summed E-state index contributed by atoms with van der Waals surface area (Å²) in [5.41, 5.74) is 7.28. The maximum atomic E-state index is 8.74. The van der Waals surface area contributed by atoms with Gasteiger partial charge in [0.05, 0.1) is 6.61 Å². The zero-order chi connectivity index (χ0) is 12.8. The highest BCUT2D eigenvalue weighted by Crippen LogP contribution is 2.17. The van der Waals surface area contributed by atoms with Crippen LogP contribution in [0.4, 0.5) is 23.0 Å². The summed E-state index contributed by atoms with van der Waals surface area (Å²) in [4.78, 5) is 4.36. The zero-order valence-electron chi connectivity index (χ0n) is 9.93. The van der Waals surface area contributed by atoms with E-state index in [2.05, 4.69) is 15.6 Å². The maximum absolute atomic E-state index is 8.74. The van der Waals surface area contributed by atoms with Crippen molar-refractivity contribution in [2.24, 2.45) is 0 Å². The van der Waals surface area contributed by atoms with Gasteiger partial charge in [-0.2, -0.15) is 0 Å². The van der Waals surface area contributed by atoms with Gasteiger partial charge in [0, 0.05) is 17.9 Å². The summed E-state index contributed by atoms with van der Waals surface area (Å²) in [6, 6.07) is 13.1. The highest BCUT2D eigenvalue weighted by Gasteiger charge is 1.98. The molecule has 0 aliphatic heterocycles. The predicted molar refractivity (Wildman–Crippen MR) is 73.9 cm³/mol. The fraction of sp³-hybridized carbons (Fsp3) is 0.154. The second kappa shape index (κ2) is 5.88. The third-order valence-electron chi connectivity index (χ3n) is 2.35. The summed E-state index contributed by atoms with van der Waals surface area (Å²) in [6.07, 6.45) is 0. The van der Waals surface area contributed by atoms with Crippen molar-refractivity contribution in [1.82, 2.24) is 4.98 Å². The third kappa shape index (κ3) is 3.36. The van der Waals surface area contributed by atoms with Crippen molar-refractivity contribution in [3.8, 4) is 0 Å². The van der Waals surface area contributed by atoms with Crippen molar-refractivity contribution >= 4 is 23.0 Å². The predicted octanol–water partition coefficient (Wildman–Crippen LogP) is 1.81. The Morgan fingerprint density at radius 3 is 2.50 bits per heavy atom. The number of aromatic nitrogens is 1. The summed E-state index contributed by atoms with van der Waals surface area (Å²) >= 11 is 0. The lowest BCUT2D eigenvalue weighted by molar-refractivity contribution is 0.311. The Kier molecular flexibility index (Phi) is 3.98. The second-order valence-electron chi connectivity index (χ2n) is 3.81. The molecule has 1 aromatic heterocycles. The number of nitrogens with two attached hydrogens (primary N) is 1. The van der Waals surface area contributed by atoms with E-state index in [9.17, 15) is 0 Å². The Hall–Kier alpha value is -2.27. The Morgan fingerprint density at radius 1 is 1.06 bits per heavy atom. The lowest BCUT2D eigenvalue weighted by atomic mass is 10.3. The molecule has 18 heavy (non-hydrogen) atoms. The van der Waals surface area contributed by atoms with E-state index >= 15 is 0 Å².